The minimum Gasteiger partial charge on any atom is -0.314 e. The van der Waals surface area contributed by atoms with Crippen LogP contribution in [-0.4, -0.2) is 22.6 Å². The molecule has 1 aliphatic carbocycles. The monoisotopic (exact) mass is 287 g/mol. The Hall–Kier alpha value is -1.91. The van der Waals surface area contributed by atoms with Gasteiger partial charge in [0.25, 0.3) is 11.2 Å². The third kappa shape index (κ3) is 2.77. The highest BCUT2D eigenvalue weighted by Crippen LogP contribution is 2.25. The van der Waals surface area contributed by atoms with E-state index in [2.05, 4.69) is 26.8 Å². The Kier molecular flexibility index (Phi) is 3.90. The van der Waals surface area contributed by atoms with Crippen LogP contribution in [0.1, 0.15) is 44.7 Å². The zero-order valence-corrected chi connectivity index (χ0v) is 12.8. The number of fused-ring (bicyclic) bond motifs is 1. The lowest BCUT2D eigenvalue weighted by Gasteiger charge is -2.30. The number of aromatic amines is 2. The molecule has 1 saturated carbocycles. The maximum absolute atomic E-state index is 11.6. The standard InChI is InChI=1S/C16H22N4O/c1-3-20(12-7-5-4-6-8-12)14-10-9-13-15(19-14)17-11(2)16(21)18-13/h9-10,12H,3-8H2,1-2H3,(H,18,21)/p+1. The van der Waals surface area contributed by atoms with Crippen LogP contribution in [0.3, 0.4) is 0 Å². The molecule has 0 aromatic carbocycles. The fourth-order valence-electron chi connectivity index (χ4n) is 3.28. The molecule has 1 aliphatic rings. The van der Waals surface area contributed by atoms with Gasteiger partial charge in [0, 0.05) is 6.07 Å². The normalized spacial score (nSPS) is 16.3. The average Bonchev–Trinajstić information content (AvgIpc) is 2.50. The van der Waals surface area contributed by atoms with Crippen LogP contribution in [0.2, 0.25) is 0 Å². The van der Waals surface area contributed by atoms with Crippen molar-refractivity contribution in [1.82, 2.24) is 9.97 Å². The van der Waals surface area contributed by atoms with Crippen LogP contribution in [0.25, 0.3) is 11.2 Å². The molecule has 21 heavy (non-hydrogen) atoms. The summed E-state index contributed by atoms with van der Waals surface area (Å²) in [6.45, 7) is 4.91. The van der Waals surface area contributed by atoms with Crippen molar-refractivity contribution in [3.8, 4) is 0 Å². The van der Waals surface area contributed by atoms with Gasteiger partial charge in [-0.2, -0.15) is 0 Å². The first-order valence-corrected chi connectivity index (χ1v) is 7.88. The van der Waals surface area contributed by atoms with Crippen molar-refractivity contribution >= 4 is 17.0 Å². The third-order valence-corrected chi connectivity index (χ3v) is 4.43. The van der Waals surface area contributed by atoms with Crippen LogP contribution in [0.15, 0.2) is 16.9 Å². The lowest BCUT2D eigenvalue weighted by atomic mass is 9.94. The van der Waals surface area contributed by atoms with Crippen molar-refractivity contribution in [2.45, 2.75) is 52.0 Å². The molecule has 0 amide bonds. The lowest BCUT2D eigenvalue weighted by molar-refractivity contribution is -0.334. The van der Waals surface area contributed by atoms with E-state index < -0.39 is 0 Å². The highest BCUT2D eigenvalue weighted by molar-refractivity contribution is 5.67. The molecule has 0 bridgehead atoms. The van der Waals surface area contributed by atoms with Crippen LogP contribution >= 0.6 is 0 Å². The van der Waals surface area contributed by atoms with Crippen molar-refractivity contribution in [3.63, 3.8) is 0 Å². The number of hydrogen-bond donors (Lipinski definition) is 1. The highest BCUT2D eigenvalue weighted by atomic mass is 16.1. The maximum Gasteiger partial charge on any atom is 0.286 e. The molecule has 0 radical (unpaired) electrons. The summed E-state index contributed by atoms with van der Waals surface area (Å²) in [5.74, 6) is 1.09. The van der Waals surface area contributed by atoms with Gasteiger partial charge in [-0.3, -0.25) is 9.69 Å². The molecule has 2 N–H and O–H groups in total. The Morgan fingerprint density at radius 3 is 2.81 bits per heavy atom. The average molecular weight is 287 g/mol. The van der Waals surface area contributed by atoms with Gasteiger partial charge in [-0.15, -0.1) is 4.98 Å². The van der Waals surface area contributed by atoms with E-state index >= 15 is 0 Å². The number of pyridine rings is 1. The number of nitrogens with zero attached hydrogens (tertiary/aromatic N) is 2. The van der Waals surface area contributed by atoms with Crippen LogP contribution in [0, 0.1) is 6.92 Å². The Balaban J connectivity index is 1.98. The van der Waals surface area contributed by atoms with Gasteiger partial charge >= 0.3 is 0 Å². The number of H-pyrrole nitrogens is 2. The van der Waals surface area contributed by atoms with E-state index in [4.69, 9.17) is 0 Å². The van der Waals surface area contributed by atoms with Gasteiger partial charge in [0.05, 0.1) is 12.6 Å². The van der Waals surface area contributed by atoms with E-state index in [0.29, 0.717) is 11.7 Å². The molecule has 5 heteroatoms. The highest BCUT2D eigenvalue weighted by Gasteiger charge is 2.25. The minimum absolute atomic E-state index is 0.122. The molecule has 112 valence electrons. The fraction of sp³-hybridized carbons (Fsp3) is 0.562. The first-order valence-electron chi connectivity index (χ1n) is 7.88. The Labute approximate surface area is 124 Å². The van der Waals surface area contributed by atoms with Crippen LogP contribution in [-0.2, 0) is 0 Å². The van der Waals surface area contributed by atoms with Gasteiger partial charge in [-0.25, -0.2) is 4.98 Å². The third-order valence-electron chi connectivity index (χ3n) is 4.43. The summed E-state index contributed by atoms with van der Waals surface area (Å²) in [6.07, 6.45) is 6.52. The molecule has 2 aromatic heterocycles. The summed E-state index contributed by atoms with van der Waals surface area (Å²) in [4.78, 5) is 24.7. The van der Waals surface area contributed by atoms with Crippen molar-refractivity contribution < 1.29 is 4.98 Å². The van der Waals surface area contributed by atoms with Crippen molar-refractivity contribution in [2.24, 2.45) is 0 Å². The van der Waals surface area contributed by atoms with Crippen molar-refractivity contribution in [1.29, 1.82) is 0 Å². The minimum atomic E-state index is -0.122. The number of aryl methyl sites for hydroxylation is 1. The first kappa shape index (κ1) is 14.0. The van der Waals surface area contributed by atoms with Gasteiger partial charge in [0.1, 0.15) is 5.52 Å². The molecule has 2 heterocycles. The number of rotatable bonds is 3. The largest absolute Gasteiger partial charge is 0.314 e. The van der Waals surface area contributed by atoms with Gasteiger partial charge in [0.2, 0.25) is 5.82 Å². The first-order chi connectivity index (χ1) is 10.2. The van der Waals surface area contributed by atoms with E-state index in [9.17, 15) is 4.79 Å². The van der Waals surface area contributed by atoms with E-state index in [-0.39, 0.29) is 5.56 Å². The quantitative estimate of drug-likeness (QED) is 0.941. The van der Waals surface area contributed by atoms with Crippen LogP contribution < -0.4 is 15.4 Å². The van der Waals surface area contributed by atoms with Gasteiger partial charge in [-0.1, -0.05) is 19.3 Å². The maximum atomic E-state index is 11.6. The molecular formula is C16H23N4O+. The molecule has 3 rings (SSSR count). The predicted octanol–water partition coefficient (Wildman–Crippen LogP) is 2.20. The number of anilines is 1. The van der Waals surface area contributed by atoms with Gasteiger partial charge < -0.3 is 4.98 Å². The Bertz CT molecular complexity index is 688. The van der Waals surface area contributed by atoms with E-state index in [1.54, 1.807) is 6.92 Å². The molecule has 0 saturated heterocycles. The Morgan fingerprint density at radius 2 is 2.10 bits per heavy atom. The van der Waals surface area contributed by atoms with Gasteiger partial charge in [0.15, 0.2) is 5.69 Å². The topological polar surface area (TPSA) is 63.1 Å². The van der Waals surface area contributed by atoms with E-state index in [1.165, 1.54) is 32.1 Å². The zero-order chi connectivity index (χ0) is 14.8. The van der Waals surface area contributed by atoms with Crippen LogP contribution in [0.4, 0.5) is 5.82 Å². The zero-order valence-electron chi connectivity index (χ0n) is 12.8. The number of nitrogens with one attached hydrogen (secondary N) is 2. The summed E-state index contributed by atoms with van der Waals surface area (Å²) >= 11 is 0. The second kappa shape index (κ2) is 5.84. The SMILES string of the molecule is CCN(c1ccc2[nH]c(=O)c(C)nc2[nH+]1)C1CCCCC1. The fourth-order valence-corrected chi connectivity index (χ4v) is 3.28. The molecule has 0 unspecified atom stereocenters. The predicted molar refractivity (Wildman–Crippen MR) is 83.5 cm³/mol. The number of hydrogen-bond acceptors (Lipinski definition) is 3. The number of aromatic nitrogens is 3. The molecule has 1 fully saturated rings. The second-order valence-electron chi connectivity index (χ2n) is 5.84. The second-order valence-corrected chi connectivity index (χ2v) is 5.84. The molecule has 5 nitrogen and oxygen atoms in total. The van der Waals surface area contributed by atoms with Crippen LogP contribution in [0.5, 0.6) is 0 Å². The van der Waals surface area contributed by atoms with E-state index in [0.717, 1.165) is 23.5 Å². The molecule has 0 atom stereocenters. The molecule has 0 spiro atoms. The molecule has 0 aliphatic heterocycles. The summed E-state index contributed by atoms with van der Waals surface area (Å²) in [6, 6.07) is 4.61. The lowest BCUT2D eigenvalue weighted by Crippen LogP contribution is -2.40. The summed E-state index contributed by atoms with van der Waals surface area (Å²) in [5.41, 5.74) is 1.88. The summed E-state index contributed by atoms with van der Waals surface area (Å²) < 4.78 is 0. The Morgan fingerprint density at radius 1 is 1.33 bits per heavy atom. The van der Waals surface area contributed by atoms with Crippen molar-refractivity contribution in [3.05, 3.63) is 28.2 Å². The molecule has 2 aromatic rings. The summed E-state index contributed by atoms with van der Waals surface area (Å²) in [5, 5.41) is 0. The van der Waals surface area contributed by atoms with E-state index in [1.807, 2.05) is 12.1 Å². The van der Waals surface area contributed by atoms with Gasteiger partial charge in [-0.05, 0) is 32.8 Å². The summed E-state index contributed by atoms with van der Waals surface area (Å²) in [7, 11) is 0. The van der Waals surface area contributed by atoms with Crippen molar-refractivity contribution in [2.75, 3.05) is 11.4 Å². The smallest absolute Gasteiger partial charge is 0.286 e. The molecular weight excluding hydrogens is 264 g/mol.